The topological polar surface area (TPSA) is 63.3 Å². The van der Waals surface area contributed by atoms with Crippen molar-refractivity contribution in [2.24, 2.45) is 5.73 Å². The second kappa shape index (κ2) is 5.79. The van der Waals surface area contributed by atoms with Gasteiger partial charge in [-0.1, -0.05) is 18.2 Å². The Hall–Kier alpha value is -2.27. The number of carboxylic acid groups (broad SMARTS) is 1. The minimum Gasteiger partial charge on any atom is -0.480 e. The summed E-state index contributed by atoms with van der Waals surface area (Å²) in [6.45, 7) is 0. The van der Waals surface area contributed by atoms with Gasteiger partial charge in [0.25, 0.3) is 0 Å². The molecular formula is C15H13F2NO2. The molecule has 0 amide bonds. The van der Waals surface area contributed by atoms with Crippen molar-refractivity contribution in [2.75, 3.05) is 0 Å². The van der Waals surface area contributed by atoms with Crippen molar-refractivity contribution < 1.29 is 18.7 Å². The molecule has 0 spiro atoms. The number of benzene rings is 2. The summed E-state index contributed by atoms with van der Waals surface area (Å²) >= 11 is 0. The molecule has 104 valence electrons. The van der Waals surface area contributed by atoms with Crippen LogP contribution < -0.4 is 5.73 Å². The van der Waals surface area contributed by atoms with Crippen LogP contribution in [0.15, 0.2) is 42.5 Å². The largest absolute Gasteiger partial charge is 0.480 e. The van der Waals surface area contributed by atoms with E-state index in [0.29, 0.717) is 16.7 Å². The summed E-state index contributed by atoms with van der Waals surface area (Å²) in [5.41, 5.74) is 6.88. The third kappa shape index (κ3) is 3.19. The van der Waals surface area contributed by atoms with Gasteiger partial charge in [0.15, 0.2) is 0 Å². The van der Waals surface area contributed by atoms with Crippen molar-refractivity contribution >= 4 is 5.97 Å². The maximum atomic E-state index is 13.8. The predicted molar refractivity (Wildman–Crippen MR) is 71.1 cm³/mol. The van der Waals surface area contributed by atoms with Gasteiger partial charge >= 0.3 is 5.97 Å². The standard InChI is InChI=1S/C15H13F2NO2/c16-11-4-2-10(3-5-11)12-7-9(1-6-13(12)17)8-14(18)15(19)20/h1-7,14H,8,18H2,(H,19,20)/t14-/m0/s1. The smallest absolute Gasteiger partial charge is 0.320 e. The highest BCUT2D eigenvalue weighted by molar-refractivity contribution is 5.74. The highest BCUT2D eigenvalue weighted by atomic mass is 19.1. The van der Waals surface area contributed by atoms with Crippen LogP contribution in [0.2, 0.25) is 0 Å². The molecule has 0 aliphatic rings. The average Bonchev–Trinajstić information content (AvgIpc) is 2.42. The van der Waals surface area contributed by atoms with Crippen molar-refractivity contribution in [3.63, 3.8) is 0 Å². The first-order chi connectivity index (χ1) is 9.47. The molecule has 3 N–H and O–H groups in total. The van der Waals surface area contributed by atoms with Gasteiger partial charge in [0.1, 0.15) is 17.7 Å². The number of halogens is 2. The van der Waals surface area contributed by atoms with Gasteiger partial charge in [-0.05, 0) is 41.8 Å². The normalized spacial score (nSPS) is 12.2. The molecule has 2 rings (SSSR count). The molecule has 0 aromatic heterocycles. The van der Waals surface area contributed by atoms with Gasteiger partial charge in [-0.15, -0.1) is 0 Å². The predicted octanol–water partition coefficient (Wildman–Crippen LogP) is 2.59. The Morgan fingerprint density at radius 2 is 1.80 bits per heavy atom. The quantitative estimate of drug-likeness (QED) is 0.902. The first-order valence-corrected chi connectivity index (χ1v) is 6.00. The zero-order valence-electron chi connectivity index (χ0n) is 10.5. The molecule has 3 nitrogen and oxygen atoms in total. The van der Waals surface area contributed by atoms with E-state index in [1.165, 1.54) is 42.5 Å². The number of hydrogen-bond donors (Lipinski definition) is 2. The second-order valence-corrected chi connectivity index (χ2v) is 4.47. The summed E-state index contributed by atoms with van der Waals surface area (Å²) in [7, 11) is 0. The third-order valence-corrected chi connectivity index (χ3v) is 2.96. The minimum absolute atomic E-state index is 0.101. The molecule has 0 unspecified atom stereocenters. The number of nitrogens with two attached hydrogens (primary N) is 1. The molecule has 0 radical (unpaired) electrons. The summed E-state index contributed by atoms with van der Waals surface area (Å²) in [6, 6.07) is 8.65. The summed E-state index contributed by atoms with van der Waals surface area (Å²) in [4.78, 5) is 10.7. The first-order valence-electron chi connectivity index (χ1n) is 6.00. The fourth-order valence-corrected chi connectivity index (χ4v) is 1.89. The van der Waals surface area contributed by atoms with Gasteiger partial charge in [0, 0.05) is 5.56 Å². The zero-order chi connectivity index (χ0) is 14.7. The Bertz CT molecular complexity index is 626. The van der Waals surface area contributed by atoms with Crippen molar-refractivity contribution in [1.29, 1.82) is 0 Å². The number of hydrogen-bond acceptors (Lipinski definition) is 2. The van der Waals surface area contributed by atoms with Crippen LogP contribution in [0.25, 0.3) is 11.1 Å². The Kier molecular flexibility index (Phi) is 4.10. The van der Waals surface area contributed by atoms with Crippen LogP contribution in [0.4, 0.5) is 8.78 Å². The van der Waals surface area contributed by atoms with Crippen molar-refractivity contribution in [2.45, 2.75) is 12.5 Å². The number of rotatable bonds is 4. The van der Waals surface area contributed by atoms with Crippen LogP contribution in [-0.2, 0) is 11.2 Å². The Balaban J connectivity index is 2.34. The van der Waals surface area contributed by atoms with Gasteiger partial charge in [0.2, 0.25) is 0 Å². The molecule has 0 fully saturated rings. The van der Waals surface area contributed by atoms with Crippen LogP contribution in [0.3, 0.4) is 0 Å². The van der Waals surface area contributed by atoms with E-state index in [-0.39, 0.29) is 6.42 Å². The molecule has 20 heavy (non-hydrogen) atoms. The summed E-state index contributed by atoms with van der Waals surface area (Å²) in [5, 5.41) is 8.77. The molecule has 0 aliphatic carbocycles. The van der Waals surface area contributed by atoms with Crippen LogP contribution >= 0.6 is 0 Å². The van der Waals surface area contributed by atoms with Gasteiger partial charge in [0.05, 0.1) is 0 Å². The molecule has 0 saturated carbocycles. The Morgan fingerprint density at radius 3 is 2.40 bits per heavy atom. The van der Waals surface area contributed by atoms with Gasteiger partial charge in [-0.2, -0.15) is 0 Å². The minimum atomic E-state index is -1.11. The van der Waals surface area contributed by atoms with E-state index in [9.17, 15) is 13.6 Å². The lowest BCUT2D eigenvalue weighted by Crippen LogP contribution is -2.32. The van der Waals surface area contributed by atoms with E-state index >= 15 is 0 Å². The van der Waals surface area contributed by atoms with E-state index in [0.717, 1.165) is 0 Å². The molecule has 0 heterocycles. The SMILES string of the molecule is N[C@@H](Cc1ccc(F)c(-c2ccc(F)cc2)c1)C(=O)O. The second-order valence-electron chi connectivity index (χ2n) is 4.47. The fraction of sp³-hybridized carbons (Fsp3) is 0.133. The van der Waals surface area contributed by atoms with Crippen LogP contribution in [-0.4, -0.2) is 17.1 Å². The summed E-state index contributed by atoms with van der Waals surface area (Å²) < 4.78 is 26.7. The van der Waals surface area contributed by atoms with E-state index in [4.69, 9.17) is 10.8 Å². The highest BCUT2D eigenvalue weighted by Crippen LogP contribution is 2.24. The van der Waals surface area contributed by atoms with E-state index in [1.807, 2.05) is 0 Å². The monoisotopic (exact) mass is 277 g/mol. The Morgan fingerprint density at radius 1 is 1.15 bits per heavy atom. The van der Waals surface area contributed by atoms with Gasteiger partial charge in [-0.25, -0.2) is 8.78 Å². The molecule has 2 aromatic carbocycles. The maximum absolute atomic E-state index is 13.8. The van der Waals surface area contributed by atoms with Crippen molar-refractivity contribution in [3.05, 3.63) is 59.7 Å². The van der Waals surface area contributed by atoms with E-state index in [1.54, 1.807) is 0 Å². The van der Waals surface area contributed by atoms with Crippen LogP contribution in [0.5, 0.6) is 0 Å². The number of aliphatic carboxylic acids is 1. The first kappa shape index (κ1) is 14.1. The molecule has 5 heteroatoms. The molecule has 2 aromatic rings. The van der Waals surface area contributed by atoms with Crippen molar-refractivity contribution in [1.82, 2.24) is 0 Å². The fourth-order valence-electron chi connectivity index (χ4n) is 1.89. The molecule has 1 atom stereocenters. The lowest BCUT2D eigenvalue weighted by atomic mass is 9.99. The highest BCUT2D eigenvalue weighted by Gasteiger charge is 2.14. The van der Waals surface area contributed by atoms with E-state index < -0.39 is 23.6 Å². The van der Waals surface area contributed by atoms with Crippen molar-refractivity contribution in [3.8, 4) is 11.1 Å². The van der Waals surface area contributed by atoms with Crippen LogP contribution in [0, 0.1) is 11.6 Å². The molecule has 0 bridgehead atoms. The number of carbonyl (C=O) groups is 1. The van der Waals surface area contributed by atoms with Crippen LogP contribution in [0.1, 0.15) is 5.56 Å². The summed E-state index contributed by atoms with van der Waals surface area (Å²) in [5.74, 6) is -1.97. The molecule has 0 saturated heterocycles. The third-order valence-electron chi connectivity index (χ3n) is 2.96. The van der Waals surface area contributed by atoms with E-state index in [2.05, 4.69) is 0 Å². The van der Waals surface area contributed by atoms with Gasteiger partial charge in [-0.3, -0.25) is 4.79 Å². The molecule has 0 aliphatic heterocycles. The maximum Gasteiger partial charge on any atom is 0.320 e. The zero-order valence-corrected chi connectivity index (χ0v) is 10.5. The average molecular weight is 277 g/mol. The number of carboxylic acids is 1. The lowest BCUT2D eigenvalue weighted by Gasteiger charge is -2.09. The lowest BCUT2D eigenvalue weighted by molar-refractivity contribution is -0.138. The Labute approximate surface area is 114 Å². The summed E-state index contributed by atoms with van der Waals surface area (Å²) in [6.07, 6.45) is 0.101. The van der Waals surface area contributed by atoms with Gasteiger partial charge < -0.3 is 10.8 Å². The molecular weight excluding hydrogens is 264 g/mol.